The zero-order valence-corrected chi connectivity index (χ0v) is 22.5. The third kappa shape index (κ3) is 3.75. The minimum absolute atomic E-state index is 0.976. The summed E-state index contributed by atoms with van der Waals surface area (Å²) in [7, 11) is 0. The van der Waals surface area contributed by atoms with Gasteiger partial charge in [0.15, 0.2) is 0 Å². The number of para-hydroxylation sites is 1. The van der Waals surface area contributed by atoms with E-state index in [0.717, 1.165) is 28.1 Å². The van der Waals surface area contributed by atoms with Crippen molar-refractivity contribution in [1.29, 1.82) is 0 Å². The summed E-state index contributed by atoms with van der Waals surface area (Å²) < 4.78 is 5.09. The van der Waals surface area contributed by atoms with Crippen molar-refractivity contribution < 1.29 is 0 Å². The molecule has 3 aromatic heterocycles. The number of rotatable bonds is 4. The molecule has 5 aromatic carbocycles. The molecule has 0 spiro atoms. The lowest BCUT2D eigenvalue weighted by atomic mass is 10.00. The van der Waals surface area contributed by atoms with E-state index in [1.807, 2.05) is 23.5 Å². The Morgan fingerprint density at radius 3 is 1.73 bits per heavy atom. The number of nitrogens with zero attached hydrogens (tertiary/aromatic N) is 2. The van der Waals surface area contributed by atoms with Gasteiger partial charge in [0.2, 0.25) is 0 Å². The van der Waals surface area contributed by atoms with Gasteiger partial charge >= 0.3 is 0 Å². The van der Waals surface area contributed by atoms with Crippen LogP contribution < -0.4 is 0 Å². The summed E-state index contributed by atoms with van der Waals surface area (Å²) in [6, 6.07) is 51.7. The Balaban J connectivity index is 1.29. The summed E-state index contributed by atoms with van der Waals surface area (Å²) in [5, 5.41) is 2.61. The second kappa shape index (κ2) is 9.33. The molecule has 8 rings (SSSR count). The van der Waals surface area contributed by atoms with Gasteiger partial charge in [-0.25, -0.2) is 4.98 Å². The van der Waals surface area contributed by atoms with Crippen LogP contribution in [0.2, 0.25) is 0 Å². The molecule has 0 unspecified atom stereocenters. The maximum atomic E-state index is 5.05. The van der Waals surface area contributed by atoms with Crippen LogP contribution in [0.4, 0.5) is 0 Å². The molecule has 0 fully saturated rings. The smallest absolute Gasteiger partial charge is 0.0727 e. The Morgan fingerprint density at radius 2 is 1.05 bits per heavy atom. The highest BCUT2D eigenvalue weighted by atomic mass is 32.1. The van der Waals surface area contributed by atoms with Crippen LogP contribution in [0.3, 0.4) is 0 Å². The van der Waals surface area contributed by atoms with Crippen molar-refractivity contribution in [2.24, 2.45) is 0 Å². The Morgan fingerprint density at radius 1 is 0.475 bits per heavy atom. The Bertz CT molecular complexity index is 2070. The molecule has 0 aliphatic rings. The molecule has 0 atom stereocenters. The fourth-order valence-electron chi connectivity index (χ4n) is 5.70. The van der Waals surface area contributed by atoms with E-state index in [4.69, 9.17) is 4.98 Å². The third-order valence-electron chi connectivity index (χ3n) is 7.61. The normalized spacial score (nSPS) is 11.5. The highest BCUT2D eigenvalue weighted by Gasteiger charge is 2.17. The first-order valence-corrected chi connectivity index (χ1v) is 14.3. The zero-order chi connectivity index (χ0) is 26.5. The van der Waals surface area contributed by atoms with Crippen LogP contribution in [0.1, 0.15) is 0 Å². The second-order valence-corrected chi connectivity index (χ2v) is 11.1. The van der Waals surface area contributed by atoms with E-state index in [9.17, 15) is 0 Å². The molecule has 188 valence electrons. The molecule has 0 saturated heterocycles. The summed E-state index contributed by atoms with van der Waals surface area (Å²) in [5.41, 5.74) is 10.2. The zero-order valence-electron chi connectivity index (χ0n) is 21.7. The van der Waals surface area contributed by atoms with Crippen molar-refractivity contribution in [2.45, 2.75) is 0 Å². The number of fused-ring (bicyclic) bond motifs is 5. The van der Waals surface area contributed by atoms with Crippen LogP contribution in [-0.2, 0) is 0 Å². The van der Waals surface area contributed by atoms with Crippen molar-refractivity contribution in [1.82, 2.24) is 9.55 Å². The Kier molecular flexibility index (Phi) is 5.35. The van der Waals surface area contributed by atoms with E-state index in [2.05, 4.69) is 138 Å². The van der Waals surface area contributed by atoms with E-state index in [0.29, 0.717) is 0 Å². The van der Waals surface area contributed by atoms with Gasteiger partial charge in [-0.05, 0) is 47.5 Å². The summed E-state index contributed by atoms with van der Waals surface area (Å²) in [5.74, 6) is 0. The van der Waals surface area contributed by atoms with E-state index in [-0.39, 0.29) is 0 Å². The van der Waals surface area contributed by atoms with Crippen molar-refractivity contribution in [3.8, 4) is 39.3 Å². The quantitative estimate of drug-likeness (QED) is 0.222. The van der Waals surface area contributed by atoms with Gasteiger partial charge in [-0.2, -0.15) is 0 Å². The van der Waals surface area contributed by atoms with E-state index >= 15 is 0 Å². The first-order chi connectivity index (χ1) is 19.8. The molecule has 0 radical (unpaired) electrons. The largest absolute Gasteiger partial charge is 0.308 e. The summed E-state index contributed by atoms with van der Waals surface area (Å²) >= 11 is 1.88. The van der Waals surface area contributed by atoms with Gasteiger partial charge in [0.1, 0.15) is 0 Å². The lowest BCUT2D eigenvalue weighted by Crippen LogP contribution is -1.94. The fraction of sp³-hybridized carbons (Fsp3) is 0. The summed E-state index contributed by atoms with van der Waals surface area (Å²) in [4.78, 5) is 5.05. The van der Waals surface area contributed by atoms with E-state index in [1.54, 1.807) is 0 Å². The Labute approximate surface area is 236 Å². The lowest BCUT2D eigenvalue weighted by Gasteiger charge is -2.12. The molecule has 8 aromatic rings. The van der Waals surface area contributed by atoms with Gasteiger partial charge in [-0.1, -0.05) is 109 Å². The standard InChI is InChI=1S/C37H24N2S/c1-3-11-26(12-4-1)32-23-28(24-33(38-32)27-13-5-2-6-14-27)25-19-21-29(22-20-25)39-34-17-9-7-15-30(34)37-36(39)31-16-8-10-18-35(31)40-37/h1-24H. The molecule has 3 heterocycles. The molecule has 2 nitrogen and oxygen atoms in total. The first kappa shape index (κ1) is 22.9. The third-order valence-corrected chi connectivity index (χ3v) is 8.80. The summed E-state index contributed by atoms with van der Waals surface area (Å²) in [6.07, 6.45) is 0. The molecule has 0 saturated carbocycles. The SMILES string of the molecule is c1ccc(-c2cc(-c3ccc(-n4c5ccccc5c5sc6ccccc6c54)cc3)cc(-c3ccccc3)n2)cc1. The topological polar surface area (TPSA) is 17.8 Å². The number of pyridine rings is 1. The van der Waals surface area contributed by atoms with Crippen LogP contribution in [-0.4, -0.2) is 9.55 Å². The molecule has 40 heavy (non-hydrogen) atoms. The van der Waals surface area contributed by atoms with Crippen LogP contribution >= 0.6 is 11.3 Å². The van der Waals surface area contributed by atoms with Gasteiger partial charge in [-0.15, -0.1) is 11.3 Å². The number of hydrogen-bond acceptors (Lipinski definition) is 2. The lowest BCUT2D eigenvalue weighted by molar-refractivity contribution is 1.19. The maximum absolute atomic E-state index is 5.05. The predicted molar refractivity (Wildman–Crippen MR) is 170 cm³/mol. The molecule has 0 aliphatic heterocycles. The second-order valence-electron chi connectivity index (χ2n) is 10.0. The average molecular weight is 529 g/mol. The maximum Gasteiger partial charge on any atom is 0.0727 e. The molecular weight excluding hydrogens is 504 g/mol. The van der Waals surface area contributed by atoms with Gasteiger partial charge in [0.05, 0.1) is 27.1 Å². The molecular formula is C37H24N2S. The van der Waals surface area contributed by atoms with Crippen LogP contribution in [0.25, 0.3) is 70.5 Å². The van der Waals surface area contributed by atoms with Crippen LogP contribution in [0, 0.1) is 0 Å². The van der Waals surface area contributed by atoms with Crippen LogP contribution in [0.5, 0.6) is 0 Å². The fourth-order valence-corrected chi connectivity index (χ4v) is 6.92. The number of thiophene rings is 1. The van der Waals surface area contributed by atoms with Crippen molar-refractivity contribution >= 4 is 42.5 Å². The predicted octanol–water partition coefficient (Wildman–Crippen LogP) is 10.4. The molecule has 0 aliphatic carbocycles. The molecule has 0 amide bonds. The van der Waals surface area contributed by atoms with Gasteiger partial charge in [-0.3, -0.25) is 0 Å². The number of aromatic nitrogens is 2. The van der Waals surface area contributed by atoms with Crippen LogP contribution in [0.15, 0.2) is 146 Å². The average Bonchev–Trinajstić information content (AvgIpc) is 3.57. The summed E-state index contributed by atoms with van der Waals surface area (Å²) in [6.45, 7) is 0. The minimum atomic E-state index is 0.976. The minimum Gasteiger partial charge on any atom is -0.308 e. The van der Waals surface area contributed by atoms with Crippen molar-refractivity contribution in [3.05, 3.63) is 146 Å². The van der Waals surface area contributed by atoms with E-state index in [1.165, 1.54) is 42.5 Å². The van der Waals surface area contributed by atoms with Gasteiger partial charge in [0.25, 0.3) is 0 Å². The van der Waals surface area contributed by atoms with Crippen molar-refractivity contribution in [2.75, 3.05) is 0 Å². The number of hydrogen-bond donors (Lipinski definition) is 0. The van der Waals surface area contributed by atoms with Gasteiger partial charge < -0.3 is 4.57 Å². The molecule has 0 bridgehead atoms. The highest BCUT2D eigenvalue weighted by molar-refractivity contribution is 7.26. The monoisotopic (exact) mass is 528 g/mol. The highest BCUT2D eigenvalue weighted by Crippen LogP contribution is 2.42. The van der Waals surface area contributed by atoms with Crippen molar-refractivity contribution in [3.63, 3.8) is 0 Å². The first-order valence-electron chi connectivity index (χ1n) is 13.5. The molecule has 0 N–H and O–H groups in total. The number of benzene rings is 5. The van der Waals surface area contributed by atoms with E-state index < -0.39 is 0 Å². The van der Waals surface area contributed by atoms with Gasteiger partial charge in [0, 0.05) is 32.3 Å². The Hall–Kier alpha value is -4.99. The molecule has 3 heteroatoms.